The maximum atomic E-state index is 5.74. The minimum Gasteiger partial charge on any atom is -0.496 e. The van der Waals surface area contributed by atoms with Crippen molar-refractivity contribution in [2.45, 2.75) is 18.1 Å². The predicted octanol–water partition coefficient (Wildman–Crippen LogP) is 4.70. The van der Waals surface area contributed by atoms with E-state index in [2.05, 4.69) is 21.3 Å². The van der Waals surface area contributed by atoms with Gasteiger partial charge in [-0.15, -0.1) is 16.8 Å². The normalized spacial score (nSPS) is 10.6. The Morgan fingerprint density at radius 3 is 2.63 bits per heavy atom. The molecule has 3 rings (SSSR count). The summed E-state index contributed by atoms with van der Waals surface area (Å²) in [4.78, 5) is 0. The van der Waals surface area contributed by atoms with Crippen molar-refractivity contribution in [2.75, 3.05) is 19.5 Å². The highest BCUT2D eigenvalue weighted by Crippen LogP contribution is 2.31. The van der Waals surface area contributed by atoms with Gasteiger partial charge in [-0.05, 0) is 30.7 Å². The predicted molar refractivity (Wildman–Crippen MR) is 109 cm³/mol. The van der Waals surface area contributed by atoms with E-state index in [0.717, 1.165) is 40.2 Å². The zero-order valence-electron chi connectivity index (χ0n) is 15.4. The summed E-state index contributed by atoms with van der Waals surface area (Å²) in [5, 5.41) is 9.64. The maximum absolute atomic E-state index is 5.74. The highest BCUT2D eigenvalue weighted by atomic mass is 32.2. The Labute approximate surface area is 164 Å². The fourth-order valence-electron chi connectivity index (χ4n) is 2.65. The smallest absolute Gasteiger partial charge is 0.191 e. The highest BCUT2D eigenvalue weighted by molar-refractivity contribution is 7.99. The monoisotopic (exact) mass is 381 g/mol. The van der Waals surface area contributed by atoms with Crippen molar-refractivity contribution in [1.82, 2.24) is 14.8 Å². The van der Waals surface area contributed by atoms with Crippen molar-refractivity contribution in [2.24, 2.45) is 0 Å². The van der Waals surface area contributed by atoms with Gasteiger partial charge in [-0.1, -0.05) is 48.2 Å². The molecular weight excluding hydrogens is 358 g/mol. The van der Waals surface area contributed by atoms with Crippen molar-refractivity contribution in [3.63, 3.8) is 0 Å². The Hall–Kier alpha value is -2.73. The molecule has 0 atom stereocenters. The molecule has 140 valence electrons. The minimum atomic E-state index is 0.642. The summed E-state index contributed by atoms with van der Waals surface area (Å²) in [6.45, 7) is 5.18. The number of benzene rings is 2. The van der Waals surface area contributed by atoms with Crippen molar-refractivity contribution in [3.05, 3.63) is 67.3 Å². The van der Waals surface area contributed by atoms with Gasteiger partial charge in [0.2, 0.25) is 0 Å². The van der Waals surface area contributed by atoms with Crippen LogP contribution in [0.1, 0.15) is 6.42 Å². The van der Waals surface area contributed by atoms with Crippen molar-refractivity contribution >= 4 is 11.8 Å². The fraction of sp³-hybridized carbons (Fsp3) is 0.238. The fourth-order valence-corrected chi connectivity index (χ4v) is 3.51. The zero-order chi connectivity index (χ0) is 18.9. The molecule has 0 bridgehead atoms. The van der Waals surface area contributed by atoms with E-state index in [1.165, 1.54) is 0 Å². The number of hydrogen-bond donors (Lipinski definition) is 0. The molecule has 2 aromatic carbocycles. The van der Waals surface area contributed by atoms with Crippen LogP contribution in [-0.4, -0.2) is 34.2 Å². The first-order valence-corrected chi connectivity index (χ1v) is 9.80. The Morgan fingerprint density at radius 2 is 1.85 bits per heavy atom. The quantitative estimate of drug-likeness (QED) is 0.289. The molecule has 0 saturated carbocycles. The number of thioether (sulfide) groups is 1. The van der Waals surface area contributed by atoms with E-state index in [4.69, 9.17) is 9.47 Å². The molecule has 27 heavy (non-hydrogen) atoms. The van der Waals surface area contributed by atoms with E-state index in [-0.39, 0.29) is 0 Å². The van der Waals surface area contributed by atoms with E-state index >= 15 is 0 Å². The van der Waals surface area contributed by atoms with Gasteiger partial charge in [-0.3, -0.25) is 4.57 Å². The van der Waals surface area contributed by atoms with Crippen molar-refractivity contribution < 1.29 is 9.47 Å². The first-order valence-electron chi connectivity index (χ1n) is 8.81. The summed E-state index contributed by atoms with van der Waals surface area (Å²) in [5.74, 6) is 3.36. The summed E-state index contributed by atoms with van der Waals surface area (Å²) < 4.78 is 13.3. The molecule has 0 amide bonds. The number of rotatable bonds is 10. The summed E-state index contributed by atoms with van der Waals surface area (Å²) in [6, 6.07) is 17.7. The number of allylic oxidation sites excluding steroid dienone is 1. The van der Waals surface area contributed by atoms with Gasteiger partial charge in [0.25, 0.3) is 0 Å². The third kappa shape index (κ3) is 4.92. The van der Waals surface area contributed by atoms with Gasteiger partial charge in [-0.25, -0.2) is 0 Å². The molecule has 1 aromatic heterocycles. The molecule has 0 aliphatic heterocycles. The lowest BCUT2D eigenvalue weighted by Gasteiger charge is -2.10. The second-order valence-electron chi connectivity index (χ2n) is 5.77. The number of nitrogens with zero attached hydrogens (tertiary/aromatic N) is 3. The Bertz CT molecular complexity index is 865. The van der Waals surface area contributed by atoms with Gasteiger partial charge in [0.1, 0.15) is 11.5 Å². The summed E-state index contributed by atoms with van der Waals surface area (Å²) >= 11 is 1.67. The molecule has 5 nitrogen and oxygen atoms in total. The first-order chi connectivity index (χ1) is 13.3. The highest BCUT2D eigenvalue weighted by Gasteiger charge is 2.16. The van der Waals surface area contributed by atoms with Gasteiger partial charge in [0.15, 0.2) is 11.0 Å². The second kappa shape index (κ2) is 9.83. The standard InChI is InChI=1S/C21H23N3O2S/c1-3-14-24-20(18-12-7-8-13-19(18)25-2)22-23-21(24)27-16-9-15-26-17-10-5-4-6-11-17/h3-8,10-13H,1,9,14-16H2,2H3. The van der Waals surface area contributed by atoms with E-state index in [1.807, 2.05) is 60.7 Å². The van der Waals surface area contributed by atoms with Crippen LogP contribution in [0.3, 0.4) is 0 Å². The number of para-hydroxylation sites is 2. The van der Waals surface area contributed by atoms with E-state index in [9.17, 15) is 0 Å². The third-order valence-corrected chi connectivity index (χ3v) is 4.96. The topological polar surface area (TPSA) is 49.2 Å². The average Bonchev–Trinajstić information content (AvgIpc) is 3.11. The molecule has 0 N–H and O–H groups in total. The molecule has 0 aliphatic carbocycles. The average molecular weight is 382 g/mol. The summed E-state index contributed by atoms with van der Waals surface area (Å²) in [5.41, 5.74) is 0.925. The molecular formula is C21H23N3O2S. The first kappa shape index (κ1) is 19.0. The number of aromatic nitrogens is 3. The van der Waals surface area contributed by atoms with Crippen LogP contribution < -0.4 is 9.47 Å². The minimum absolute atomic E-state index is 0.642. The van der Waals surface area contributed by atoms with Crippen LogP contribution in [0.15, 0.2) is 72.4 Å². The van der Waals surface area contributed by atoms with Crippen molar-refractivity contribution in [1.29, 1.82) is 0 Å². The summed E-state index contributed by atoms with van der Waals surface area (Å²) in [7, 11) is 1.66. The maximum Gasteiger partial charge on any atom is 0.191 e. The van der Waals surface area contributed by atoms with Crippen LogP contribution in [0.2, 0.25) is 0 Å². The molecule has 6 heteroatoms. The van der Waals surface area contributed by atoms with E-state index < -0.39 is 0 Å². The van der Waals surface area contributed by atoms with Gasteiger partial charge >= 0.3 is 0 Å². The molecule has 0 radical (unpaired) electrons. The molecule has 0 unspecified atom stereocenters. The van der Waals surface area contributed by atoms with Crippen LogP contribution in [0, 0.1) is 0 Å². The van der Waals surface area contributed by atoms with Gasteiger partial charge in [0.05, 0.1) is 19.3 Å². The SMILES string of the molecule is C=CCn1c(SCCCOc2ccccc2)nnc1-c1ccccc1OC. The van der Waals surface area contributed by atoms with Gasteiger partial charge in [-0.2, -0.15) is 0 Å². The molecule has 0 saturated heterocycles. The number of methoxy groups -OCH3 is 1. The largest absolute Gasteiger partial charge is 0.496 e. The third-order valence-electron chi connectivity index (χ3n) is 3.91. The van der Waals surface area contributed by atoms with Crippen LogP contribution in [0.25, 0.3) is 11.4 Å². The van der Waals surface area contributed by atoms with E-state index in [0.29, 0.717) is 13.2 Å². The molecule has 3 aromatic rings. The lowest BCUT2D eigenvalue weighted by molar-refractivity contribution is 0.318. The van der Waals surface area contributed by atoms with Crippen molar-refractivity contribution in [3.8, 4) is 22.9 Å². The van der Waals surface area contributed by atoms with Crippen LogP contribution in [-0.2, 0) is 6.54 Å². The molecule has 1 heterocycles. The Morgan fingerprint density at radius 1 is 1.07 bits per heavy atom. The Kier molecular flexibility index (Phi) is 6.93. The lowest BCUT2D eigenvalue weighted by atomic mass is 10.2. The van der Waals surface area contributed by atoms with Crippen LogP contribution >= 0.6 is 11.8 Å². The van der Waals surface area contributed by atoms with Crippen LogP contribution in [0.5, 0.6) is 11.5 Å². The van der Waals surface area contributed by atoms with Gasteiger partial charge in [0, 0.05) is 12.3 Å². The van der Waals surface area contributed by atoms with Gasteiger partial charge < -0.3 is 9.47 Å². The Balaban J connectivity index is 1.64. The van der Waals surface area contributed by atoms with E-state index in [1.54, 1.807) is 18.9 Å². The second-order valence-corrected chi connectivity index (χ2v) is 6.83. The zero-order valence-corrected chi connectivity index (χ0v) is 16.2. The lowest BCUT2D eigenvalue weighted by Crippen LogP contribution is -2.03. The molecule has 0 aliphatic rings. The number of hydrogen-bond acceptors (Lipinski definition) is 5. The number of ether oxygens (including phenoxy) is 2. The molecule has 0 fully saturated rings. The summed E-state index contributed by atoms with van der Waals surface area (Å²) in [6.07, 6.45) is 2.77. The molecule has 0 spiro atoms. The van der Waals surface area contributed by atoms with Crippen LogP contribution in [0.4, 0.5) is 0 Å².